The predicted molar refractivity (Wildman–Crippen MR) is 136 cm³/mol. The Morgan fingerprint density at radius 1 is 1.00 bits per heavy atom. The van der Waals surface area contributed by atoms with Gasteiger partial charge in [0.25, 0.3) is 11.6 Å². The minimum Gasteiger partial charge on any atom is -0.457 e. The van der Waals surface area contributed by atoms with Gasteiger partial charge in [-0.15, -0.1) is 0 Å². The first-order chi connectivity index (χ1) is 17.4. The molecular formula is C26H18ClN5O4. The molecule has 0 aliphatic heterocycles. The number of aromatic nitrogens is 3. The third kappa shape index (κ3) is 4.86. The maximum Gasteiger partial charge on any atom is 0.276 e. The van der Waals surface area contributed by atoms with Crippen LogP contribution in [0.4, 0.5) is 11.4 Å². The molecule has 0 atom stereocenters. The number of nitrogens with zero attached hydrogens (tertiary/aromatic N) is 4. The zero-order valence-electron chi connectivity index (χ0n) is 18.9. The Morgan fingerprint density at radius 2 is 1.81 bits per heavy atom. The summed E-state index contributed by atoms with van der Waals surface area (Å²) in [4.78, 5) is 28.5. The van der Waals surface area contributed by atoms with Crippen molar-refractivity contribution in [2.45, 2.75) is 6.92 Å². The first kappa shape index (κ1) is 23.0. The van der Waals surface area contributed by atoms with Crippen molar-refractivity contribution in [3.63, 3.8) is 0 Å². The number of non-ortho nitro benzene ring substituents is 1. The number of nitro groups is 1. The number of aryl methyl sites for hydroxylation is 1. The molecule has 0 fully saturated rings. The molecule has 2 aromatic heterocycles. The average molecular weight is 500 g/mol. The van der Waals surface area contributed by atoms with Crippen molar-refractivity contribution in [1.29, 1.82) is 0 Å². The molecule has 36 heavy (non-hydrogen) atoms. The average Bonchev–Trinajstić information content (AvgIpc) is 3.30. The highest BCUT2D eigenvalue weighted by Gasteiger charge is 2.17. The first-order valence-electron chi connectivity index (χ1n) is 10.8. The van der Waals surface area contributed by atoms with Gasteiger partial charge in [0.1, 0.15) is 11.5 Å². The van der Waals surface area contributed by atoms with Crippen LogP contribution in [0.5, 0.6) is 11.5 Å². The molecule has 0 radical (unpaired) electrons. The lowest BCUT2D eigenvalue weighted by Crippen LogP contribution is -2.13. The van der Waals surface area contributed by atoms with E-state index in [4.69, 9.17) is 16.3 Å². The Balaban J connectivity index is 1.44. The molecule has 9 nitrogen and oxygen atoms in total. The summed E-state index contributed by atoms with van der Waals surface area (Å²) >= 11 is 5.99. The molecule has 5 rings (SSSR count). The number of hydrogen-bond donors (Lipinski definition) is 1. The molecule has 0 bridgehead atoms. The van der Waals surface area contributed by atoms with Gasteiger partial charge in [-0.2, -0.15) is 5.10 Å². The van der Waals surface area contributed by atoms with Crippen LogP contribution in [0.3, 0.4) is 0 Å². The van der Waals surface area contributed by atoms with Crippen LogP contribution in [-0.2, 0) is 0 Å². The maximum absolute atomic E-state index is 13.0. The Labute approximate surface area is 210 Å². The quantitative estimate of drug-likeness (QED) is 0.216. The molecule has 2 heterocycles. The predicted octanol–water partition coefficient (Wildman–Crippen LogP) is 6.31. The standard InChI is InChI=1S/C26H18ClN5O4/c1-16-10-23(17-6-3-2-4-7-17)29-25-15-24(30-31(16)25)26(33)28-19-12-20(32(34)35)14-22(13-19)36-21-9-5-8-18(27)11-21/h2-15H,1H3,(H,28,33). The third-order valence-corrected chi connectivity index (χ3v) is 5.53. The van der Waals surface area contributed by atoms with Crippen LogP contribution in [0.25, 0.3) is 16.9 Å². The van der Waals surface area contributed by atoms with Crippen LogP contribution < -0.4 is 10.1 Å². The summed E-state index contributed by atoms with van der Waals surface area (Å²) in [5.41, 5.74) is 3.05. The summed E-state index contributed by atoms with van der Waals surface area (Å²) in [6.07, 6.45) is 0. The van der Waals surface area contributed by atoms with E-state index in [2.05, 4.69) is 15.4 Å². The first-order valence-corrected chi connectivity index (χ1v) is 11.2. The van der Waals surface area contributed by atoms with Crippen molar-refractivity contribution in [2.24, 2.45) is 0 Å². The maximum atomic E-state index is 13.0. The summed E-state index contributed by atoms with van der Waals surface area (Å²) in [6.45, 7) is 1.87. The second-order valence-corrected chi connectivity index (χ2v) is 8.37. The largest absolute Gasteiger partial charge is 0.457 e. The summed E-state index contributed by atoms with van der Waals surface area (Å²) in [5.74, 6) is 0.0218. The fourth-order valence-electron chi connectivity index (χ4n) is 3.67. The third-order valence-electron chi connectivity index (χ3n) is 5.30. The molecule has 178 valence electrons. The number of nitro benzene ring substituents is 1. The van der Waals surface area contributed by atoms with Crippen molar-refractivity contribution >= 4 is 34.5 Å². The van der Waals surface area contributed by atoms with E-state index in [1.165, 1.54) is 18.2 Å². The number of nitrogens with one attached hydrogen (secondary N) is 1. The second kappa shape index (κ2) is 9.47. The number of ether oxygens (including phenoxy) is 1. The van der Waals surface area contributed by atoms with Crippen LogP contribution in [0.15, 0.2) is 84.9 Å². The SMILES string of the molecule is Cc1cc(-c2ccccc2)nc2cc(C(=O)Nc3cc(Oc4cccc(Cl)c4)cc([N+](=O)[O-])c3)nn12. The van der Waals surface area contributed by atoms with Crippen LogP contribution in [0, 0.1) is 17.0 Å². The van der Waals surface area contributed by atoms with Crippen LogP contribution >= 0.6 is 11.6 Å². The molecule has 0 aliphatic rings. The lowest BCUT2D eigenvalue weighted by atomic mass is 10.1. The highest BCUT2D eigenvalue weighted by atomic mass is 35.5. The number of halogens is 1. The number of rotatable bonds is 6. The van der Waals surface area contributed by atoms with E-state index >= 15 is 0 Å². The molecule has 1 N–H and O–H groups in total. The van der Waals surface area contributed by atoms with Gasteiger partial charge in [-0.1, -0.05) is 48.0 Å². The monoisotopic (exact) mass is 499 g/mol. The Morgan fingerprint density at radius 3 is 2.56 bits per heavy atom. The number of anilines is 1. The van der Waals surface area contributed by atoms with Gasteiger partial charge in [0, 0.05) is 34.5 Å². The van der Waals surface area contributed by atoms with E-state index in [1.807, 2.05) is 43.3 Å². The summed E-state index contributed by atoms with van der Waals surface area (Å²) in [7, 11) is 0. The van der Waals surface area contributed by atoms with E-state index in [-0.39, 0.29) is 22.8 Å². The molecule has 10 heteroatoms. The fourth-order valence-corrected chi connectivity index (χ4v) is 3.85. The zero-order valence-corrected chi connectivity index (χ0v) is 19.6. The Hall–Kier alpha value is -4.76. The van der Waals surface area contributed by atoms with Gasteiger partial charge in [-0.05, 0) is 31.2 Å². The van der Waals surface area contributed by atoms with Gasteiger partial charge in [-0.25, -0.2) is 9.50 Å². The molecule has 0 aliphatic carbocycles. The minimum atomic E-state index is -0.566. The van der Waals surface area contributed by atoms with E-state index < -0.39 is 10.8 Å². The van der Waals surface area contributed by atoms with Crippen molar-refractivity contribution in [1.82, 2.24) is 14.6 Å². The molecule has 0 spiro atoms. The van der Waals surface area contributed by atoms with E-state index in [0.717, 1.165) is 17.0 Å². The Bertz CT molecular complexity index is 1620. The van der Waals surface area contributed by atoms with Crippen molar-refractivity contribution < 1.29 is 14.5 Å². The van der Waals surface area contributed by atoms with Gasteiger partial charge in [-0.3, -0.25) is 14.9 Å². The van der Waals surface area contributed by atoms with Crippen LogP contribution in [-0.4, -0.2) is 25.4 Å². The lowest BCUT2D eigenvalue weighted by Gasteiger charge is -2.09. The zero-order chi connectivity index (χ0) is 25.2. The molecule has 0 saturated carbocycles. The van der Waals surface area contributed by atoms with Crippen molar-refractivity contribution in [3.8, 4) is 22.8 Å². The Kier molecular flexibility index (Phi) is 6.05. The second-order valence-electron chi connectivity index (χ2n) is 7.93. The van der Waals surface area contributed by atoms with Gasteiger partial charge in [0.15, 0.2) is 11.3 Å². The smallest absolute Gasteiger partial charge is 0.276 e. The molecule has 3 aromatic carbocycles. The highest BCUT2D eigenvalue weighted by Crippen LogP contribution is 2.31. The molecular weight excluding hydrogens is 482 g/mol. The number of benzene rings is 3. The van der Waals surface area contributed by atoms with E-state index in [0.29, 0.717) is 16.4 Å². The van der Waals surface area contributed by atoms with Gasteiger partial charge in [0.05, 0.1) is 22.4 Å². The van der Waals surface area contributed by atoms with E-state index in [1.54, 1.807) is 34.8 Å². The normalized spacial score (nSPS) is 10.8. The summed E-state index contributed by atoms with van der Waals surface area (Å²) < 4.78 is 7.30. The molecule has 5 aromatic rings. The lowest BCUT2D eigenvalue weighted by molar-refractivity contribution is -0.384. The summed E-state index contributed by atoms with van der Waals surface area (Å²) in [6, 6.07) is 23.7. The number of carbonyl (C=O) groups excluding carboxylic acids is 1. The van der Waals surface area contributed by atoms with Gasteiger partial charge >= 0.3 is 0 Å². The van der Waals surface area contributed by atoms with Crippen LogP contribution in [0.2, 0.25) is 5.02 Å². The number of hydrogen-bond acceptors (Lipinski definition) is 6. The minimum absolute atomic E-state index is 0.111. The highest BCUT2D eigenvalue weighted by molar-refractivity contribution is 6.30. The van der Waals surface area contributed by atoms with Crippen molar-refractivity contribution in [3.05, 3.63) is 111 Å². The molecule has 0 saturated heterocycles. The number of carbonyl (C=O) groups is 1. The molecule has 0 unspecified atom stereocenters. The topological polar surface area (TPSA) is 112 Å². The summed E-state index contributed by atoms with van der Waals surface area (Å²) in [5, 5.41) is 18.9. The molecule has 1 amide bonds. The number of fused-ring (bicyclic) bond motifs is 1. The number of amides is 1. The van der Waals surface area contributed by atoms with Crippen molar-refractivity contribution in [2.75, 3.05) is 5.32 Å². The van der Waals surface area contributed by atoms with Gasteiger partial charge < -0.3 is 10.1 Å². The van der Waals surface area contributed by atoms with E-state index in [9.17, 15) is 14.9 Å². The fraction of sp³-hybridized carbons (Fsp3) is 0.0385. The van der Waals surface area contributed by atoms with Gasteiger partial charge in [0.2, 0.25) is 0 Å². The van der Waals surface area contributed by atoms with Crippen LogP contribution in [0.1, 0.15) is 16.2 Å².